The first kappa shape index (κ1) is 20.2. The fourth-order valence-corrected chi connectivity index (χ4v) is 3.64. The van der Waals surface area contributed by atoms with E-state index in [0.717, 1.165) is 29.1 Å². The van der Waals surface area contributed by atoms with Crippen LogP contribution in [0.2, 0.25) is 0 Å². The molecule has 0 saturated carbocycles. The summed E-state index contributed by atoms with van der Waals surface area (Å²) < 4.78 is 38.0. The zero-order chi connectivity index (χ0) is 20.6. The summed E-state index contributed by atoms with van der Waals surface area (Å²) in [5.74, 6) is 0.316. The first-order valence-electron chi connectivity index (χ1n) is 9.04. The van der Waals surface area contributed by atoms with Gasteiger partial charge in [0.05, 0.1) is 11.7 Å². The Balaban J connectivity index is 1.67. The molecule has 0 radical (unpaired) electrons. The van der Waals surface area contributed by atoms with Crippen LogP contribution in [0.1, 0.15) is 45.9 Å². The maximum absolute atomic E-state index is 12.9. The van der Waals surface area contributed by atoms with Crippen LogP contribution in [0.5, 0.6) is 0 Å². The number of pyridine rings is 1. The van der Waals surface area contributed by atoms with Gasteiger partial charge in [-0.25, -0.2) is 4.98 Å². The first-order valence-corrected chi connectivity index (χ1v) is 9.04. The number of rotatable bonds is 3. The fraction of sp³-hybridized carbons (Fsp3) is 0.474. The Hall–Kier alpha value is -2.55. The van der Waals surface area contributed by atoms with Gasteiger partial charge in [0.25, 0.3) is 5.91 Å². The van der Waals surface area contributed by atoms with E-state index in [1.54, 1.807) is 18.7 Å². The van der Waals surface area contributed by atoms with Gasteiger partial charge in [-0.2, -0.15) is 13.2 Å². The molecule has 1 saturated heterocycles. The van der Waals surface area contributed by atoms with Crippen molar-refractivity contribution in [2.24, 2.45) is 0 Å². The third-order valence-corrected chi connectivity index (χ3v) is 5.09. The number of nitrogens with one attached hydrogen (secondary N) is 1. The summed E-state index contributed by atoms with van der Waals surface area (Å²) in [5, 5.41) is 9.89. The van der Waals surface area contributed by atoms with E-state index in [9.17, 15) is 23.1 Å². The van der Waals surface area contributed by atoms with Crippen LogP contribution in [0.25, 0.3) is 0 Å². The number of carbonyl (C=O) groups is 1. The van der Waals surface area contributed by atoms with Crippen molar-refractivity contribution >= 4 is 11.7 Å². The smallest absolute Gasteiger partial charge is 0.389 e. The molecule has 0 aliphatic carbocycles. The molecule has 1 atom stereocenters. The predicted molar refractivity (Wildman–Crippen MR) is 98.3 cm³/mol. The molecule has 0 spiro atoms. The van der Waals surface area contributed by atoms with Gasteiger partial charge in [-0.1, -0.05) is 0 Å². The highest BCUT2D eigenvalue weighted by Gasteiger charge is 2.31. The molecule has 3 rings (SSSR count). The van der Waals surface area contributed by atoms with E-state index in [4.69, 9.17) is 0 Å². The molecule has 2 aromatic heterocycles. The number of piperazine rings is 1. The highest BCUT2D eigenvalue weighted by Crippen LogP contribution is 2.30. The molecule has 9 heteroatoms. The Morgan fingerprint density at radius 3 is 2.32 bits per heavy atom. The van der Waals surface area contributed by atoms with Crippen molar-refractivity contribution in [3.05, 3.63) is 46.4 Å². The second-order valence-electron chi connectivity index (χ2n) is 7.02. The summed E-state index contributed by atoms with van der Waals surface area (Å²) in [4.78, 5) is 23.4. The van der Waals surface area contributed by atoms with Gasteiger partial charge in [-0.05, 0) is 38.5 Å². The molecular formula is C19H23F3N4O2. The normalized spacial score (nSPS) is 16.4. The predicted octanol–water partition coefficient (Wildman–Crippen LogP) is 3.06. The van der Waals surface area contributed by atoms with Gasteiger partial charge < -0.3 is 19.9 Å². The summed E-state index contributed by atoms with van der Waals surface area (Å²) in [6.45, 7) is 7.11. The minimum atomic E-state index is -4.41. The van der Waals surface area contributed by atoms with E-state index >= 15 is 0 Å². The number of aromatic nitrogens is 2. The largest absolute Gasteiger partial charge is 0.417 e. The molecule has 2 aromatic rings. The lowest BCUT2D eigenvalue weighted by Gasteiger charge is -2.35. The number of anilines is 1. The molecule has 28 heavy (non-hydrogen) atoms. The van der Waals surface area contributed by atoms with E-state index in [0.29, 0.717) is 37.7 Å². The molecule has 0 aromatic carbocycles. The van der Waals surface area contributed by atoms with Crippen LogP contribution in [-0.2, 0) is 6.18 Å². The monoisotopic (exact) mass is 396 g/mol. The van der Waals surface area contributed by atoms with Gasteiger partial charge in [0.1, 0.15) is 11.5 Å². The van der Waals surface area contributed by atoms with Crippen molar-refractivity contribution in [2.45, 2.75) is 33.1 Å². The number of aryl methyl sites for hydroxylation is 1. The van der Waals surface area contributed by atoms with Gasteiger partial charge in [-0.3, -0.25) is 4.79 Å². The van der Waals surface area contributed by atoms with Crippen LogP contribution >= 0.6 is 0 Å². The standard InChI is InChI=1S/C19H23F3N4O2/c1-11-16(13(3)27)12(2)24-17(11)18(28)26-8-6-25(7-9-26)15-5-4-14(10-23-15)19(20,21)22/h4-5,10,13,24,27H,6-9H2,1-3H3/t13-/m1/s1. The van der Waals surface area contributed by atoms with Crippen molar-refractivity contribution in [2.75, 3.05) is 31.1 Å². The lowest BCUT2D eigenvalue weighted by Crippen LogP contribution is -2.49. The number of aliphatic hydroxyl groups is 1. The Labute approximate surface area is 161 Å². The second kappa shape index (κ2) is 7.46. The number of halogens is 3. The fourth-order valence-electron chi connectivity index (χ4n) is 3.64. The molecule has 0 unspecified atom stereocenters. The van der Waals surface area contributed by atoms with Crippen LogP contribution in [-0.4, -0.2) is 52.1 Å². The van der Waals surface area contributed by atoms with Crippen LogP contribution in [0.15, 0.2) is 18.3 Å². The van der Waals surface area contributed by atoms with Crippen molar-refractivity contribution in [3.63, 3.8) is 0 Å². The molecule has 2 N–H and O–H groups in total. The number of carbonyl (C=O) groups excluding carboxylic acids is 1. The van der Waals surface area contributed by atoms with Gasteiger partial charge in [0.2, 0.25) is 0 Å². The van der Waals surface area contributed by atoms with E-state index in [-0.39, 0.29) is 5.91 Å². The highest BCUT2D eigenvalue weighted by molar-refractivity contribution is 5.94. The molecule has 3 heterocycles. The summed E-state index contributed by atoms with van der Waals surface area (Å²) in [6.07, 6.45) is -4.25. The zero-order valence-corrected chi connectivity index (χ0v) is 16.0. The quantitative estimate of drug-likeness (QED) is 0.837. The van der Waals surface area contributed by atoms with Crippen LogP contribution < -0.4 is 4.90 Å². The minimum absolute atomic E-state index is 0.146. The lowest BCUT2D eigenvalue weighted by atomic mass is 10.1. The van der Waals surface area contributed by atoms with Crippen molar-refractivity contribution in [3.8, 4) is 0 Å². The zero-order valence-electron chi connectivity index (χ0n) is 16.0. The number of H-pyrrole nitrogens is 1. The number of nitrogens with zero attached hydrogens (tertiary/aromatic N) is 3. The number of hydrogen-bond donors (Lipinski definition) is 2. The number of aromatic amines is 1. The topological polar surface area (TPSA) is 72.5 Å². The maximum Gasteiger partial charge on any atom is 0.417 e. The Kier molecular flexibility index (Phi) is 5.38. The Morgan fingerprint density at radius 2 is 1.86 bits per heavy atom. The molecule has 1 aliphatic rings. The second-order valence-corrected chi connectivity index (χ2v) is 7.02. The van der Waals surface area contributed by atoms with E-state index < -0.39 is 17.8 Å². The SMILES string of the molecule is Cc1[nH]c(C(=O)N2CCN(c3ccc(C(F)(F)F)cn3)CC2)c(C)c1[C@@H](C)O. The molecule has 1 aliphatic heterocycles. The summed E-state index contributed by atoms with van der Waals surface area (Å²) >= 11 is 0. The molecule has 152 valence electrons. The summed E-state index contributed by atoms with van der Waals surface area (Å²) in [7, 11) is 0. The summed E-state index contributed by atoms with van der Waals surface area (Å²) in [6, 6.07) is 2.37. The third-order valence-electron chi connectivity index (χ3n) is 5.09. The third kappa shape index (κ3) is 3.84. The molecule has 6 nitrogen and oxygen atoms in total. The van der Waals surface area contributed by atoms with E-state index in [1.165, 1.54) is 6.07 Å². The first-order chi connectivity index (χ1) is 13.1. The molecule has 1 amide bonds. The minimum Gasteiger partial charge on any atom is -0.389 e. The average molecular weight is 396 g/mol. The van der Waals surface area contributed by atoms with Crippen LogP contribution in [0.3, 0.4) is 0 Å². The number of alkyl halides is 3. The summed E-state index contributed by atoms with van der Waals surface area (Å²) in [5.41, 5.74) is 1.93. The van der Waals surface area contributed by atoms with Crippen LogP contribution in [0, 0.1) is 13.8 Å². The van der Waals surface area contributed by atoms with Crippen LogP contribution in [0.4, 0.5) is 19.0 Å². The Morgan fingerprint density at radius 1 is 1.21 bits per heavy atom. The molecular weight excluding hydrogens is 373 g/mol. The van der Waals surface area contributed by atoms with Gasteiger partial charge in [-0.15, -0.1) is 0 Å². The lowest BCUT2D eigenvalue weighted by molar-refractivity contribution is -0.137. The number of hydrogen-bond acceptors (Lipinski definition) is 4. The van der Waals surface area contributed by atoms with Crippen molar-refractivity contribution in [1.82, 2.24) is 14.9 Å². The van der Waals surface area contributed by atoms with Gasteiger partial charge in [0.15, 0.2) is 0 Å². The van der Waals surface area contributed by atoms with Gasteiger partial charge >= 0.3 is 6.18 Å². The molecule has 0 bridgehead atoms. The number of aliphatic hydroxyl groups excluding tert-OH is 1. The maximum atomic E-state index is 12.9. The van der Waals surface area contributed by atoms with Crippen molar-refractivity contribution in [1.29, 1.82) is 0 Å². The molecule has 1 fully saturated rings. The average Bonchev–Trinajstić information content (AvgIpc) is 2.95. The van der Waals surface area contributed by atoms with E-state index in [2.05, 4.69) is 9.97 Å². The van der Waals surface area contributed by atoms with E-state index in [1.807, 2.05) is 11.8 Å². The van der Waals surface area contributed by atoms with Gasteiger partial charge in [0, 0.05) is 43.6 Å². The van der Waals surface area contributed by atoms with Crippen molar-refractivity contribution < 1.29 is 23.1 Å². The Bertz CT molecular complexity index is 851. The number of amides is 1. The highest BCUT2D eigenvalue weighted by atomic mass is 19.4.